The molecule has 0 fully saturated rings. The molecule has 1 aromatic heterocycles. The van der Waals surface area contributed by atoms with Gasteiger partial charge in [0.2, 0.25) is 0 Å². The minimum atomic E-state index is -2.64. The van der Waals surface area contributed by atoms with Crippen molar-refractivity contribution in [3.05, 3.63) is 27.5 Å². The summed E-state index contributed by atoms with van der Waals surface area (Å²) < 4.78 is 25.3. The van der Waals surface area contributed by atoms with Gasteiger partial charge in [0.25, 0.3) is 6.43 Å². The first kappa shape index (κ1) is 12.0. The quantitative estimate of drug-likeness (QED) is 0.863. The maximum absolute atomic E-state index is 12.5. The third-order valence-electron chi connectivity index (χ3n) is 1.65. The van der Waals surface area contributed by atoms with Crippen LogP contribution in [0, 0.1) is 0 Å². The van der Waals surface area contributed by atoms with Gasteiger partial charge in [-0.05, 0) is 6.07 Å². The van der Waals surface area contributed by atoms with E-state index in [2.05, 4.69) is 36.8 Å². The second-order valence-electron chi connectivity index (χ2n) is 2.55. The molecule has 1 aromatic rings. The van der Waals surface area contributed by atoms with E-state index in [0.29, 0.717) is 11.0 Å². The Morgan fingerprint density at radius 3 is 2.57 bits per heavy atom. The van der Waals surface area contributed by atoms with E-state index in [-0.39, 0.29) is 15.7 Å². The fraction of sp³-hybridized carbons (Fsp3) is 0.375. The van der Waals surface area contributed by atoms with E-state index in [4.69, 9.17) is 5.11 Å². The van der Waals surface area contributed by atoms with E-state index in [1.54, 1.807) is 0 Å². The number of aliphatic hydroxyl groups is 1. The molecular formula is C8H7Br2F2NO. The van der Waals surface area contributed by atoms with Crippen molar-refractivity contribution in [2.75, 3.05) is 0 Å². The Morgan fingerprint density at radius 2 is 2.14 bits per heavy atom. The van der Waals surface area contributed by atoms with Gasteiger partial charge in [0, 0.05) is 9.80 Å². The number of alkyl halides is 3. The smallest absolute Gasteiger partial charge is 0.266 e. The van der Waals surface area contributed by atoms with Crippen LogP contribution in [0.3, 0.4) is 0 Å². The molecule has 0 atom stereocenters. The summed E-state index contributed by atoms with van der Waals surface area (Å²) in [6.07, 6.45) is -2.64. The minimum absolute atomic E-state index is 0.0174. The molecular weight excluding hydrogens is 324 g/mol. The molecule has 0 radical (unpaired) electrons. The molecule has 1 N–H and O–H groups in total. The normalized spacial score (nSPS) is 11.0. The Morgan fingerprint density at radius 1 is 1.50 bits per heavy atom. The van der Waals surface area contributed by atoms with Crippen LogP contribution in [-0.4, -0.2) is 10.1 Å². The Kier molecular flexibility index (Phi) is 4.40. The van der Waals surface area contributed by atoms with Gasteiger partial charge in [-0.1, -0.05) is 31.9 Å². The third kappa shape index (κ3) is 2.49. The molecule has 0 saturated heterocycles. The first-order chi connectivity index (χ1) is 6.60. The van der Waals surface area contributed by atoms with Gasteiger partial charge in [-0.25, -0.2) is 8.78 Å². The molecule has 0 saturated carbocycles. The number of aromatic nitrogens is 1. The number of rotatable bonds is 3. The molecule has 6 heteroatoms. The van der Waals surface area contributed by atoms with Gasteiger partial charge in [0.1, 0.15) is 0 Å². The zero-order chi connectivity index (χ0) is 10.7. The predicted octanol–water partition coefficient (Wildman–Crippen LogP) is 3.17. The van der Waals surface area contributed by atoms with E-state index in [0.717, 1.165) is 0 Å². The van der Waals surface area contributed by atoms with Gasteiger partial charge >= 0.3 is 0 Å². The van der Waals surface area contributed by atoms with Crippen molar-refractivity contribution in [2.24, 2.45) is 0 Å². The monoisotopic (exact) mass is 329 g/mol. The van der Waals surface area contributed by atoms with Crippen molar-refractivity contribution in [1.29, 1.82) is 0 Å². The summed E-state index contributed by atoms with van der Waals surface area (Å²) in [7, 11) is 0. The highest BCUT2D eigenvalue weighted by molar-refractivity contribution is 9.10. The number of hydrogen-bond acceptors (Lipinski definition) is 2. The number of pyridine rings is 1. The Labute approximate surface area is 96.6 Å². The summed E-state index contributed by atoms with van der Waals surface area (Å²) >= 11 is 6.19. The van der Waals surface area contributed by atoms with Crippen molar-refractivity contribution < 1.29 is 13.9 Å². The highest BCUT2D eigenvalue weighted by atomic mass is 79.9. The lowest BCUT2D eigenvalue weighted by Crippen LogP contribution is -2.02. The molecule has 0 bridgehead atoms. The van der Waals surface area contributed by atoms with Gasteiger partial charge in [-0.2, -0.15) is 0 Å². The molecule has 0 unspecified atom stereocenters. The molecule has 0 aromatic carbocycles. The van der Waals surface area contributed by atoms with Crippen LogP contribution < -0.4 is 0 Å². The van der Waals surface area contributed by atoms with E-state index >= 15 is 0 Å². The molecule has 0 aliphatic heterocycles. The second-order valence-corrected chi connectivity index (χ2v) is 3.96. The lowest BCUT2D eigenvalue weighted by atomic mass is 10.2. The molecule has 1 rings (SSSR count). The summed E-state index contributed by atoms with van der Waals surface area (Å²) in [6.45, 7) is -0.487. The maximum atomic E-state index is 12.5. The van der Waals surface area contributed by atoms with Crippen LogP contribution in [0.4, 0.5) is 8.78 Å². The zero-order valence-corrected chi connectivity index (χ0v) is 10.1. The van der Waals surface area contributed by atoms with Crippen LogP contribution >= 0.6 is 31.9 Å². The first-order valence-corrected chi connectivity index (χ1v) is 5.64. The van der Waals surface area contributed by atoms with Gasteiger partial charge < -0.3 is 5.11 Å². The van der Waals surface area contributed by atoms with Gasteiger partial charge in [-0.3, -0.25) is 4.98 Å². The maximum Gasteiger partial charge on any atom is 0.266 e. The van der Waals surface area contributed by atoms with Crippen molar-refractivity contribution >= 4 is 31.9 Å². The molecule has 0 aliphatic carbocycles. The topological polar surface area (TPSA) is 33.1 Å². The predicted molar refractivity (Wildman–Crippen MR) is 55.4 cm³/mol. The number of nitrogens with zero attached hydrogens (tertiary/aromatic N) is 1. The fourth-order valence-electron chi connectivity index (χ4n) is 1.05. The molecule has 78 valence electrons. The minimum Gasteiger partial charge on any atom is -0.390 e. The largest absolute Gasteiger partial charge is 0.390 e. The van der Waals surface area contributed by atoms with Crippen molar-refractivity contribution in [3.63, 3.8) is 0 Å². The van der Waals surface area contributed by atoms with Gasteiger partial charge in [-0.15, -0.1) is 0 Å². The lowest BCUT2D eigenvalue weighted by molar-refractivity contribution is 0.145. The summed E-state index contributed by atoms with van der Waals surface area (Å²) in [4.78, 5) is 3.88. The zero-order valence-electron chi connectivity index (χ0n) is 6.98. The molecule has 0 amide bonds. The van der Waals surface area contributed by atoms with Crippen molar-refractivity contribution in [1.82, 2.24) is 4.98 Å². The van der Waals surface area contributed by atoms with Crippen LogP contribution in [0.25, 0.3) is 0 Å². The van der Waals surface area contributed by atoms with Crippen LogP contribution in [0.5, 0.6) is 0 Å². The average molecular weight is 331 g/mol. The van der Waals surface area contributed by atoms with Crippen molar-refractivity contribution in [2.45, 2.75) is 18.4 Å². The number of aliphatic hydroxyl groups excluding tert-OH is 1. The van der Waals surface area contributed by atoms with Crippen LogP contribution in [0.1, 0.15) is 23.4 Å². The van der Waals surface area contributed by atoms with E-state index < -0.39 is 13.0 Å². The van der Waals surface area contributed by atoms with Crippen LogP contribution in [0.2, 0.25) is 0 Å². The molecule has 0 spiro atoms. The average Bonchev–Trinajstić information content (AvgIpc) is 2.15. The molecule has 2 nitrogen and oxygen atoms in total. The van der Waals surface area contributed by atoms with Crippen LogP contribution in [-0.2, 0) is 11.9 Å². The Balaban J connectivity index is 3.27. The molecule has 0 aliphatic rings. The fourth-order valence-corrected chi connectivity index (χ4v) is 2.00. The highest BCUT2D eigenvalue weighted by Crippen LogP contribution is 2.30. The van der Waals surface area contributed by atoms with E-state index in [1.165, 1.54) is 6.07 Å². The lowest BCUT2D eigenvalue weighted by Gasteiger charge is -2.09. The standard InChI is InChI=1S/C8H7Br2F2NO/c9-2-4-1-5(10)7(8(11)12)6(3-14)13-4/h1,8,14H,2-3H2. The third-order valence-corrected chi connectivity index (χ3v) is 2.88. The highest BCUT2D eigenvalue weighted by Gasteiger charge is 2.18. The SMILES string of the molecule is OCc1nc(CBr)cc(Br)c1C(F)F. The summed E-state index contributed by atoms with van der Waals surface area (Å²) in [5, 5.41) is 9.34. The van der Waals surface area contributed by atoms with Gasteiger partial charge in [0.05, 0.1) is 23.6 Å². The summed E-state index contributed by atoms with van der Waals surface area (Å²) in [5.41, 5.74) is 0.381. The second kappa shape index (κ2) is 5.14. The number of hydrogen-bond donors (Lipinski definition) is 1. The summed E-state index contributed by atoms with van der Waals surface area (Å²) in [5.74, 6) is 0. The van der Waals surface area contributed by atoms with Crippen molar-refractivity contribution in [3.8, 4) is 0 Å². The molecule has 1 heterocycles. The number of halogens is 4. The molecule has 14 heavy (non-hydrogen) atoms. The van der Waals surface area contributed by atoms with Gasteiger partial charge in [0.15, 0.2) is 0 Å². The Hall–Kier alpha value is -0.0700. The first-order valence-electron chi connectivity index (χ1n) is 3.73. The van der Waals surface area contributed by atoms with Crippen LogP contribution in [0.15, 0.2) is 10.5 Å². The van der Waals surface area contributed by atoms with E-state index in [9.17, 15) is 8.78 Å². The Bertz CT molecular complexity index is 333. The summed E-state index contributed by atoms with van der Waals surface area (Å²) in [6, 6.07) is 1.51. The van der Waals surface area contributed by atoms with E-state index in [1.807, 2.05) is 0 Å².